The maximum absolute atomic E-state index is 15.7. The zero-order valence-electron chi connectivity index (χ0n) is 22.5. The molecule has 2 unspecified atom stereocenters. The SMILES string of the molecule is CCCCN(CC(F)(F)F)C(=O)C1c2cc(F)ccc2-c2ccc(F)c(N3CCC(NC(=O)c4ccccc4)C3)c21. The molecule has 1 N–H and O–H groups in total. The molecular formula is C31H30F5N3O2. The lowest BCUT2D eigenvalue weighted by molar-refractivity contribution is -0.161. The lowest BCUT2D eigenvalue weighted by Gasteiger charge is -2.30. The van der Waals surface area contributed by atoms with Crippen LogP contribution >= 0.6 is 0 Å². The van der Waals surface area contributed by atoms with E-state index in [0.717, 1.165) is 11.0 Å². The molecule has 0 saturated carbocycles. The number of anilines is 1. The highest BCUT2D eigenvalue weighted by molar-refractivity contribution is 5.99. The van der Waals surface area contributed by atoms with Crippen molar-refractivity contribution in [1.29, 1.82) is 0 Å². The second-order valence-electron chi connectivity index (χ2n) is 10.5. The summed E-state index contributed by atoms with van der Waals surface area (Å²) in [7, 11) is 0. The van der Waals surface area contributed by atoms with Crippen LogP contribution < -0.4 is 10.2 Å². The summed E-state index contributed by atoms with van der Waals surface area (Å²) in [5.41, 5.74) is 1.99. The molecule has 0 spiro atoms. The number of unbranched alkanes of at least 4 members (excludes halogenated alkanes) is 1. The predicted molar refractivity (Wildman–Crippen MR) is 146 cm³/mol. The Bertz CT molecular complexity index is 1440. The third-order valence-corrected chi connectivity index (χ3v) is 7.66. The van der Waals surface area contributed by atoms with Gasteiger partial charge in [0.2, 0.25) is 5.91 Å². The lowest BCUT2D eigenvalue weighted by Crippen LogP contribution is -2.42. The summed E-state index contributed by atoms with van der Waals surface area (Å²) in [6.07, 6.45) is -3.22. The van der Waals surface area contributed by atoms with Gasteiger partial charge < -0.3 is 15.1 Å². The molecule has 5 rings (SSSR count). The smallest absolute Gasteiger partial charge is 0.367 e. The Labute approximate surface area is 234 Å². The molecule has 1 aliphatic heterocycles. The topological polar surface area (TPSA) is 52.7 Å². The zero-order valence-corrected chi connectivity index (χ0v) is 22.5. The van der Waals surface area contributed by atoms with Crippen molar-refractivity contribution in [3.8, 4) is 11.1 Å². The number of carbonyl (C=O) groups is 2. The molecule has 216 valence electrons. The quantitative estimate of drug-likeness (QED) is 0.324. The van der Waals surface area contributed by atoms with Crippen LogP contribution in [0.1, 0.15) is 53.6 Å². The fourth-order valence-electron chi connectivity index (χ4n) is 5.81. The third kappa shape index (κ3) is 5.92. The van der Waals surface area contributed by atoms with Crippen molar-refractivity contribution in [2.24, 2.45) is 0 Å². The first-order valence-electron chi connectivity index (χ1n) is 13.7. The number of alkyl halides is 3. The number of rotatable bonds is 8. The molecule has 3 aromatic rings. The Morgan fingerprint density at radius 3 is 2.46 bits per heavy atom. The number of fused-ring (bicyclic) bond motifs is 3. The first kappa shape index (κ1) is 28.6. The van der Waals surface area contributed by atoms with E-state index >= 15 is 4.39 Å². The van der Waals surface area contributed by atoms with Crippen molar-refractivity contribution in [3.05, 3.63) is 89.0 Å². The van der Waals surface area contributed by atoms with Gasteiger partial charge in [0, 0.05) is 36.8 Å². The fourth-order valence-corrected chi connectivity index (χ4v) is 5.81. The number of nitrogens with one attached hydrogen (secondary N) is 1. The van der Waals surface area contributed by atoms with Crippen LogP contribution in [0.5, 0.6) is 0 Å². The zero-order chi connectivity index (χ0) is 29.3. The summed E-state index contributed by atoms with van der Waals surface area (Å²) in [6.45, 7) is 0.803. The van der Waals surface area contributed by atoms with Gasteiger partial charge >= 0.3 is 6.18 Å². The van der Waals surface area contributed by atoms with Crippen molar-refractivity contribution in [1.82, 2.24) is 10.2 Å². The second-order valence-corrected chi connectivity index (χ2v) is 10.5. The lowest BCUT2D eigenvalue weighted by atomic mass is 9.93. The van der Waals surface area contributed by atoms with Crippen molar-refractivity contribution in [2.75, 3.05) is 31.1 Å². The minimum atomic E-state index is -4.64. The summed E-state index contributed by atoms with van der Waals surface area (Å²) in [4.78, 5) is 29.1. The molecule has 41 heavy (non-hydrogen) atoms. The van der Waals surface area contributed by atoms with Gasteiger partial charge in [-0.25, -0.2) is 8.78 Å². The number of carbonyl (C=O) groups excluding carboxylic acids is 2. The van der Waals surface area contributed by atoms with E-state index < -0.39 is 36.2 Å². The number of hydrogen-bond acceptors (Lipinski definition) is 3. The van der Waals surface area contributed by atoms with Gasteiger partial charge in [-0.05, 0) is 59.9 Å². The largest absolute Gasteiger partial charge is 0.406 e. The van der Waals surface area contributed by atoms with Crippen LogP contribution in [-0.4, -0.2) is 55.1 Å². The highest BCUT2D eigenvalue weighted by Crippen LogP contribution is 2.51. The van der Waals surface area contributed by atoms with Crippen molar-refractivity contribution >= 4 is 17.5 Å². The van der Waals surface area contributed by atoms with Gasteiger partial charge in [0.05, 0.1) is 11.6 Å². The van der Waals surface area contributed by atoms with E-state index in [4.69, 9.17) is 0 Å². The minimum Gasteiger partial charge on any atom is -0.367 e. The molecule has 1 fully saturated rings. The van der Waals surface area contributed by atoms with E-state index in [9.17, 15) is 27.2 Å². The Hall–Kier alpha value is -3.95. The third-order valence-electron chi connectivity index (χ3n) is 7.66. The summed E-state index contributed by atoms with van der Waals surface area (Å²) in [6, 6.07) is 14.9. The number of halogens is 5. The number of hydrogen-bond donors (Lipinski definition) is 1. The van der Waals surface area contributed by atoms with Crippen LogP contribution in [0.2, 0.25) is 0 Å². The molecule has 0 aromatic heterocycles. The molecule has 1 aliphatic carbocycles. The van der Waals surface area contributed by atoms with Gasteiger partial charge in [-0.3, -0.25) is 9.59 Å². The van der Waals surface area contributed by atoms with Crippen LogP contribution in [-0.2, 0) is 4.79 Å². The maximum Gasteiger partial charge on any atom is 0.406 e. The Morgan fingerprint density at radius 1 is 1.02 bits per heavy atom. The second kappa shape index (κ2) is 11.5. The van der Waals surface area contributed by atoms with Gasteiger partial charge in [-0.15, -0.1) is 0 Å². The molecule has 2 atom stereocenters. The van der Waals surface area contributed by atoms with E-state index in [1.54, 1.807) is 42.2 Å². The van der Waals surface area contributed by atoms with Gasteiger partial charge in [0.25, 0.3) is 5.91 Å². The normalized spacial score (nSPS) is 17.8. The molecule has 3 aromatic carbocycles. The van der Waals surface area contributed by atoms with Gasteiger partial charge in [0.15, 0.2) is 0 Å². The Balaban J connectivity index is 1.52. The van der Waals surface area contributed by atoms with Gasteiger partial charge in [0.1, 0.15) is 18.2 Å². The van der Waals surface area contributed by atoms with Crippen molar-refractivity contribution in [3.63, 3.8) is 0 Å². The molecule has 10 heteroatoms. The number of benzene rings is 3. The van der Waals surface area contributed by atoms with Crippen LogP contribution in [0.25, 0.3) is 11.1 Å². The van der Waals surface area contributed by atoms with Crippen molar-refractivity contribution in [2.45, 2.75) is 44.3 Å². The van der Waals surface area contributed by atoms with Crippen LogP contribution in [0, 0.1) is 11.6 Å². The van der Waals surface area contributed by atoms with E-state index in [0.29, 0.717) is 42.5 Å². The van der Waals surface area contributed by atoms with Crippen LogP contribution in [0.4, 0.5) is 27.6 Å². The van der Waals surface area contributed by atoms with E-state index in [1.165, 1.54) is 24.3 Å². The van der Waals surface area contributed by atoms with Crippen LogP contribution in [0.3, 0.4) is 0 Å². The first-order chi connectivity index (χ1) is 19.6. The molecular weight excluding hydrogens is 541 g/mol. The monoisotopic (exact) mass is 571 g/mol. The highest BCUT2D eigenvalue weighted by Gasteiger charge is 2.43. The van der Waals surface area contributed by atoms with Crippen molar-refractivity contribution < 1.29 is 31.5 Å². The molecule has 0 bridgehead atoms. The first-order valence-corrected chi connectivity index (χ1v) is 13.7. The highest BCUT2D eigenvalue weighted by atomic mass is 19.4. The average molecular weight is 572 g/mol. The molecule has 0 radical (unpaired) electrons. The molecule has 2 amide bonds. The van der Waals surface area contributed by atoms with Gasteiger partial charge in [-0.2, -0.15) is 13.2 Å². The Kier molecular flexibility index (Phi) is 8.02. The summed E-state index contributed by atoms with van der Waals surface area (Å²) >= 11 is 0. The summed E-state index contributed by atoms with van der Waals surface area (Å²) in [5, 5.41) is 2.95. The molecule has 5 nitrogen and oxygen atoms in total. The summed E-state index contributed by atoms with van der Waals surface area (Å²) in [5.74, 6) is -3.70. The molecule has 1 heterocycles. The summed E-state index contributed by atoms with van der Waals surface area (Å²) < 4.78 is 70.7. The Morgan fingerprint density at radius 2 is 1.76 bits per heavy atom. The van der Waals surface area contributed by atoms with E-state index in [1.807, 2.05) is 0 Å². The molecule has 1 saturated heterocycles. The van der Waals surface area contributed by atoms with E-state index in [2.05, 4.69) is 5.32 Å². The maximum atomic E-state index is 15.7. The van der Waals surface area contributed by atoms with E-state index in [-0.39, 0.29) is 41.9 Å². The minimum absolute atomic E-state index is 0.0939. The number of amides is 2. The molecule has 2 aliphatic rings. The fraction of sp³-hybridized carbons (Fsp3) is 0.355. The average Bonchev–Trinajstić information content (AvgIpc) is 3.52. The standard InChI is InChI=1S/C31H30F5N3O2/c1-2-3-14-39(18-31(34,35)36)30(41)27-24-16-20(32)9-10-22(24)23-11-12-25(33)28(26(23)27)38-15-13-21(17-38)37-29(40)19-7-5-4-6-8-19/h4-12,16,21,27H,2-3,13-15,17-18H2,1H3,(H,37,40). The number of nitrogens with zero attached hydrogens (tertiary/aromatic N) is 2. The van der Waals surface area contributed by atoms with Gasteiger partial charge in [-0.1, -0.05) is 43.7 Å². The van der Waals surface area contributed by atoms with Crippen LogP contribution in [0.15, 0.2) is 60.7 Å². The predicted octanol–water partition coefficient (Wildman–Crippen LogP) is 6.28.